The van der Waals surface area contributed by atoms with Crippen LogP contribution >= 0.6 is 0 Å². The summed E-state index contributed by atoms with van der Waals surface area (Å²) in [5.74, 6) is 1.03. The van der Waals surface area contributed by atoms with Gasteiger partial charge in [0.25, 0.3) is 0 Å². The number of rotatable bonds is 8. The molecule has 0 bridgehead atoms. The minimum absolute atomic E-state index is 0.0759. The number of amides is 1. The molecule has 1 atom stereocenters. The Morgan fingerprint density at radius 2 is 2.16 bits per heavy atom. The van der Waals surface area contributed by atoms with Crippen molar-refractivity contribution >= 4 is 5.91 Å². The molecule has 0 radical (unpaired) electrons. The van der Waals surface area contributed by atoms with Gasteiger partial charge in [0.05, 0.1) is 11.7 Å². The van der Waals surface area contributed by atoms with Gasteiger partial charge >= 0.3 is 0 Å². The van der Waals surface area contributed by atoms with Crippen molar-refractivity contribution in [3.8, 4) is 0 Å². The first-order chi connectivity index (χ1) is 9.07. The van der Waals surface area contributed by atoms with E-state index in [1.165, 1.54) is 0 Å². The number of carbonyl (C=O) groups excluding carboxylic acids is 1. The maximum absolute atomic E-state index is 12.3. The number of carbonyl (C=O) groups is 1. The summed E-state index contributed by atoms with van der Waals surface area (Å²) in [5, 5.41) is 3.08. The molecule has 0 fully saturated rings. The Morgan fingerprint density at radius 3 is 2.63 bits per heavy atom. The smallest absolute Gasteiger partial charge is 0.227 e. The summed E-state index contributed by atoms with van der Waals surface area (Å²) in [6.45, 7) is 6.46. The fourth-order valence-corrected chi connectivity index (χ4v) is 2.22. The van der Waals surface area contributed by atoms with E-state index in [-0.39, 0.29) is 11.9 Å². The normalized spacial score (nSPS) is 13.3. The van der Waals surface area contributed by atoms with E-state index >= 15 is 0 Å². The van der Waals surface area contributed by atoms with Gasteiger partial charge in [-0.15, -0.1) is 0 Å². The molecular formula is C15H26N2O2. The standard InChI is InChI=1S/C15H26N2O2/c1-4-15(5-2,11-16)14(18)17-12(3)8-9-13-7-6-10-19-13/h6-7,10,12H,4-5,8-9,11,16H2,1-3H3,(H,17,18). The molecule has 0 aliphatic rings. The van der Waals surface area contributed by atoms with Crippen molar-refractivity contribution in [2.75, 3.05) is 6.54 Å². The van der Waals surface area contributed by atoms with E-state index in [9.17, 15) is 4.79 Å². The fourth-order valence-electron chi connectivity index (χ4n) is 2.22. The summed E-state index contributed by atoms with van der Waals surface area (Å²) in [6, 6.07) is 3.96. The van der Waals surface area contributed by atoms with Gasteiger partial charge in [0.2, 0.25) is 5.91 Å². The zero-order valence-electron chi connectivity index (χ0n) is 12.2. The van der Waals surface area contributed by atoms with Crippen molar-refractivity contribution in [3.05, 3.63) is 24.2 Å². The van der Waals surface area contributed by atoms with Gasteiger partial charge in [-0.2, -0.15) is 0 Å². The third-order valence-corrected chi connectivity index (χ3v) is 4.01. The van der Waals surface area contributed by atoms with Crippen LogP contribution in [0.15, 0.2) is 22.8 Å². The molecule has 0 saturated carbocycles. The van der Waals surface area contributed by atoms with Crippen molar-refractivity contribution in [1.82, 2.24) is 5.32 Å². The summed E-state index contributed by atoms with van der Waals surface area (Å²) in [7, 11) is 0. The predicted octanol–water partition coefficient (Wildman–Crippen LogP) is 2.48. The molecule has 4 heteroatoms. The lowest BCUT2D eigenvalue weighted by Crippen LogP contribution is -2.48. The van der Waals surface area contributed by atoms with Crippen molar-refractivity contribution in [2.45, 2.75) is 52.5 Å². The summed E-state index contributed by atoms with van der Waals surface area (Å²) >= 11 is 0. The second kappa shape index (κ2) is 7.34. The molecule has 4 nitrogen and oxygen atoms in total. The van der Waals surface area contributed by atoms with Gasteiger partial charge in [-0.1, -0.05) is 13.8 Å². The van der Waals surface area contributed by atoms with Gasteiger partial charge < -0.3 is 15.5 Å². The Hall–Kier alpha value is -1.29. The van der Waals surface area contributed by atoms with Crippen LogP contribution in [0.3, 0.4) is 0 Å². The second-order valence-corrected chi connectivity index (χ2v) is 5.18. The van der Waals surface area contributed by atoms with Gasteiger partial charge in [0.15, 0.2) is 0 Å². The number of nitrogens with two attached hydrogens (primary N) is 1. The number of hydrogen-bond acceptors (Lipinski definition) is 3. The average Bonchev–Trinajstić information content (AvgIpc) is 2.92. The van der Waals surface area contributed by atoms with E-state index in [0.29, 0.717) is 6.54 Å². The molecule has 1 amide bonds. The molecule has 1 unspecified atom stereocenters. The maximum Gasteiger partial charge on any atom is 0.227 e. The molecule has 1 aromatic rings. The highest BCUT2D eigenvalue weighted by Crippen LogP contribution is 2.25. The number of furan rings is 1. The Morgan fingerprint density at radius 1 is 1.47 bits per heavy atom. The zero-order chi connectivity index (χ0) is 14.3. The molecule has 1 aromatic heterocycles. The van der Waals surface area contributed by atoms with Crippen LogP contribution in [0.25, 0.3) is 0 Å². The van der Waals surface area contributed by atoms with E-state index in [1.807, 2.05) is 32.9 Å². The topological polar surface area (TPSA) is 68.3 Å². The molecule has 108 valence electrons. The molecule has 0 saturated heterocycles. The summed E-state index contributed by atoms with van der Waals surface area (Å²) in [4.78, 5) is 12.3. The number of aryl methyl sites for hydroxylation is 1. The lowest BCUT2D eigenvalue weighted by atomic mass is 9.81. The minimum atomic E-state index is -0.418. The molecule has 0 aliphatic heterocycles. The lowest BCUT2D eigenvalue weighted by Gasteiger charge is -2.30. The summed E-state index contributed by atoms with van der Waals surface area (Å²) in [6.07, 6.45) is 4.93. The van der Waals surface area contributed by atoms with Crippen molar-refractivity contribution < 1.29 is 9.21 Å². The third kappa shape index (κ3) is 4.10. The molecule has 0 spiro atoms. The average molecular weight is 266 g/mol. The minimum Gasteiger partial charge on any atom is -0.469 e. The highest BCUT2D eigenvalue weighted by molar-refractivity contribution is 5.83. The predicted molar refractivity (Wildman–Crippen MR) is 76.7 cm³/mol. The number of nitrogens with one attached hydrogen (secondary N) is 1. The van der Waals surface area contributed by atoms with Crippen LogP contribution in [-0.4, -0.2) is 18.5 Å². The first-order valence-corrected chi connectivity index (χ1v) is 7.11. The Labute approximate surface area is 115 Å². The summed E-state index contributed by atoms with van der Waals surface area (Å²) in [5.41, 5.74) is 5.36. The number of hydrogen-bond donors (Lipinski definition) is 2. The van der Waals surface area contributed by atoms with E-state index in [2.05, 4.69) is 5.32 Å². The van der Waals surface area contributed by atoms with Crippen molar-refractivity contribution in [1.29, 1.82) is 0 Å². The molecule has 1 heterocycles. The van der Waals surface area contributed by atoms with Crippen LogP contribution in [0.2, 0.25) is 0 Å². The molecule has 3 N–H and O–H groups in total. The van der Waals surface area contributed by atoms with E-state index in [4.69, 9.17) is 10.2 Å². The quantitative estimate of drug-likeness (QED) is 0.759. The van der Waals surface area contributed by atoms with Gasteiger partial charge in [-0.3, -0.25) is 4.79 Å². The van der Waals surface area contributed by atoms with Crippen LogP contribution in [0.1, 0.15) is 45.8 Å². The molecule has 1 rings (SSSR count). The fraction of sp³-hybridized carbons (Fsp3) is 0.667. The first kappa shape index (κ1) is 15.8. The maximum atomic E-state index is 12.3. The molecular weight excluding hydrogens is 240 g/mol. The van der Waals surface area contributed by atoms with Crippen LogP contribution in [0.5, 0.6) is 0 Å². The van der Waals surface area contributed by atoms with Crippen LogP contribution in [0.4, 0.5) is 0 Å². The third-order valence-electron chi connectivity index (χ3n) is 4.01. The Balaban J connectivity index is 2.46. The van der Waals surface area contributed by atoms with E-state index in [0.717, 1.165) is 31.4 Å². The SMILES string of the molecule is CCC(CC)(CN)C(=O)NC(C)CCc1ccco1. The van der Waals surface area contributed by atoms with Crippen molar-refractivity contribution in [2.24, 2.45) is 11.1 Å². The van der Waals surface area contributed by atoms with Gasteiger partial charge in [-0.05, 0) is 38.3 Å². The highest BCUT2D eigenvalue weighted by atomic mass is 16.3. The van der Waals surface area contributed by atoms with E-state index < -0.39 is 5.41 Å². The molecule has 0 aliphatic carbocycles. The van der Waals surface area contributed by atoms with Crippen LogP contribution in [-0.2, 0) is 11.2 Å². The van der Waals surface area contributed by atoms with Crippen LogP contribution in [0, 0.1) is 5.41 Å². The van der Waals surface area contributed by atoms with Crippen LogP contribution < -0.4 is 11.1 Å². The monoisotopic (exact) mass is 266 g/mol. The largest absolute Gasteiger partial charge is 0.469 e. The zero-order valence-corrected chi connectivity index (χ0v) is 12.2. The second-order valence-electron chi connectivity index (χ2n) is 5.18. The molecule has 0 aromatic carbocycles. The Bertz CT molecular complexity index is 361. The highest BCUT2D eigenvalue weighted by Gasteiger charge is 2.33. The van der Waals surface area contributed by atoms with Gasteiger partial charge in [-0.25, -0.2) is 0 Å². The first-order valence-electron chi connectivity index (χ1n) is 7.11. The molecule has 19 heavy (non-hydrogen) atoms. The van der Waals surface area contributed by atoms with Gasteiger partial charge in [0.1, 0.15) is 5.76 Å². The summed E-state index contributed by atoms with van der Waals surface area (Å²) < 4.78 is 5.29. The van der Waals surface area contributed by atoms with Gasteiger partial charge in [0, 0.05) is 19.0 Å². The lowest BCUT2D eigenvalue weighted by molar-refractivity contribution is -0.131. The van der Waals surface area contributed by atoms with E-state index in [1.54, 1.807) is 6.26 Å². The Kier molecular flexibility index (Phi) is 6.09. The van der Waals surface area contributed by atoms with Crippen molar-refractivity contribution in [3.63, 3.8) is 0 Å².